The van der Waals surface area contributed by atoms with E-state index in [4.69, 9.17) is 16.0 Å². The number of para-hydroxylation sites is 1. The molecule has 6 nitrogen and oxygen atoms in total. The average Bonchev–Trinajstić information content (AvgIpc) is 3.30. The third-order valence-electron chi connectivity index (χ3n) is 5.75. The van der Waals surface area contributed by atoms with Gasteiger partial charge in [-0.1, -0.05) is 23.7 Å². The molecule has 0 bridgehead atoms. The Labute approximate surface area is 173 Å². The summed E-state index contributed by atoms with van der Waals surface area (Å²) in [5, 5.41) is 2.01. The molecule has 1 fully saturated rings. The van der Waals surface area contributed by atoms with E-state index in [-0.39, 0.29) is 0 Å². The van der Waals surface area contributed by atoms with E-state index >= 15 is 0 Å². The summed E-state index contributed by atoms with van der Waals surface area (Å²) in [5.41, 5.74) is 3.61. The third kappa shape index (κ3) is 3.66. The lowest BCUT2D eigenvalue weighted by atomic mass is 10.2. The highest BCUT2D eigenvalue weighted by molar-refractivity contribution is 6.31. The number of fused-ring (bicyclic) bond motifs is 2. The van der Waals surface area contributed by atoms with Gasteiger partial charge >= 0.3 is 5.76 Å². The molecule has 7 heteroatoms. The van der Waals surface area contributed by atoms with E-state index in [1.165, 1.54) is 10.9 Å². The van der Waals surface area contributed by atoms with Crippen molar-refractivity contribution in [3.63, 3.8) is 0 Å². The molecule has 1 N–H and O–H groups in total. The minimum Gasteiger partial charge on any atom is -0.406 e. The Morgan fingerprint density at radius 3 is 2.76 bits per heavy atom. The number of nitrogens with one attached hydrogen (secondary N) is 1. The zero-order chi connectivity index (χ0) is 19.8. The summed E-state index contributed by atoms with van der Waals surface area (Å²) in [6.45, 7) is 5.91. The van der Waals surface area contributed by atoms with Crippen molar-refractivity contribution in [1.29, 1.82) is 0 Å². The van der Waals surface area contributed by atoms with Crippen molar-refractivity contribution in [2.24, 2.45) is 0 Å². The molecule has 1 aliphatic rings. The number of hydrogen-bond donors (Lipinski definition) is 1. The van der Waals surface area contributed by atoms with Crippen molar-refractivity contribution in [2.75, 3.05) is 37.6 Å². The fourth-order valence-electron chi connectivity index (χ4n) is 4.24. The van der Waals surface area contributed by atoms with Crippen LogP contribution in [0.1, 0.15) is 6.42 Å². The molecule has 29 heavy (non-hydrogen) atoms. The maximum Gasteiger partial charge on any atom is 0.417 e. The quantitative estimate of drug-likeness (QED) is 0.541. The molecular weight excluding hydrogens is 388 g/mol. The van der Waals surface area contributed by atoms with Crippen LogP contribution < -0.4 is 10.7 Å². The van der Waals surface area contributed by atoms with Gasteiger partial charge in [-0.3, -0.25) is 9.88 Å². The van der Waals surface area contributed by atoms with Gasteiger partial charge in [0.25, 0.3) is 0 Å². The maximum atomic E-state index is 11.5. The number of rotatable bonds is 5. The van der Waals surface area contributed by atoms with Crippen molar-refractivity contribution < 1.29 is 4.42 Å². The number of halogens is 1. The minimum atomic E-state index is -0.398. The lowest BCUT2D eigenvalue weighted by Crippen LogP contribution is -2.46. The molecule has 2 aromatic carbocycles. The Hall–Kier alpha value is -2.70. The van der Waals surface area contributed by atoms with Crippen molar-refractivity contribution in [2.45, 2.75) is 13.0 Å². The van der Waals surface area contributed by atoms with E-state index in [0.29, 0.717) is 5.58 Å². The summed E-state index contributed by atoms with van der Waals surface area (Å²) < 4.78 is 7.63. The second kappa shape index (κ2) is 7.61. The Morgan fingerprint density at radius 2 is 1.90 bits per heavy atom. The van der Waals surface area contributed by atoms with Crippen LogP contribution in [0.5, 0.6) is 0 Å². The van der Waals surface area contributed by atoms with E-state index in [1.54, 1.807) is 0 Å². The number of anilines is 1. The van der Waals surface area contributed by atoms with Crippen LogP contribution in [0.25, 0.3) is 22.0 Å². The van der Waals surface area contributed by atoms with Crippen molar-refractivity contribution in [3.05, 3.63) is 64.2 Å². The molecule has 0 amide bonds. The molecule has 0 radical (unpaired) electrons. The van der Waals surface area contributed by atoms with Crippen LogP contribution in [-0.2, 0) is 6.54 Å². The number of nitrogens with zero attached hydrogens (tertiary/aromatic N) is 3. The molecule has 150 valence electrons. The molecule has 4 aromatic rings. The Balaban J connectivity index is 1.18. The van der Waals surface area contributed by atoms with Gasteiger partial charge < -0.3 is 13.9 Å². The number of piperazine rings is 1. The monoisotopic (exact) mass is 410 g/mol. The lowest BCUT2D eigenvalue weighted by molar-refractivity contribution is 0.251. The molecule has 0 spiro atoms. The van der Waals surface area contributed by atoms with E-state index in [1.807, 2.05) is 30.3 Å². The van der Waals surface area contributed by atoms with Crippen molar-refractivity contribution in [3.8, 4) is 0 Å². The predicted molar refractivity (Wildman–Crippen MR) is 117 cm³/mol. The minimum absolute atomic E-state index is 0.398. The van der Waals surface area contributed by atoms with Crippen LogP contribution in [-0.4, -0.2) is 47.2 Å². The third-order valence-corrected chi connectivity index (χ3v) is 5.98. The molecule has 0 atom stereocenters. The topological polar surface area (TPSA) is 57.4 Å². The van der Waals surface area contributed by atoms with Gasteiger partial charge in [0.2, 0.25) is 0 Å². The molecule has 5 rings (SSSR count). The molecular formula is C22H23ClN4O2. The first-order chi connectivity index (χ1) is 14.2. The van der Waals surface area contributed by atoms with Crippen molar-refractivity contribution >= 4 is 39.3 Å². The van der Waals surface area contributed by atoms with Crippen LogP contribution in [0, 0.1) is 0 Å². The summed E-state index contributed by atoms with van der Waals surface area (Å²) in [6.07, 6.45) is 3.24. The van der Waals surface area contributed by atoms with Gasteiger partial charge in [-0.15, -0.1) is 0 Å². The lowest BCUT2D eigenvalue weighted by Gasteiger charge is -2.36. The number of oxazole rings is 1. The van der Waals surface area contributed by atoms with Crippen LogP contribution in [0.2, 0.25) is 5.02 Å². The highest BCUT2D eigenvalue weighted by Gasteiger charge is 2.20. The first kappa shape index (κ1) is 18.3. The Kier molecular flexibility index (Phi) is 4.81. The van der Waals surface area contributed by atoms with E-state index in [9.17, 15) is 4.79 Å². The highest BCUT2D eigenvalue weighted by atomic mass is 35.5. The second-order valence-corrected chi connectivity index (χ2v) is 8.00. The van der Waals surface area contributed by atoms with Crippen LogP contribution in [0.4, 0.5) is 5.69 Å². The van der Waals surface area contributed by atoms with Gasteiger partial charge in [0, 0.05) is 49.5 Å². The van der Waals surface area contributed by atoms with Gasteiger partial charge in [-0.05, 0) is 48.7 Å². The van der Waals surface area contributed by atoms with Crippen LogP contribution >= 0.6 is 11.6 Å². The Morgan fingerprint density at radius 1 is 1.03 bits per heavy atom. The van der Waals surface area contributed by atoms with Gasteiger partial charge in [-0.25, -0.2) is 4.79 Å². The summed E-state index contributed by atoms with van der Waals surface area (Å²) in [7, 11) is 0. The van der Waals surface area contributed by atoms with Gasteiger partial charge in [0.05, 0.1) is 11.2 Å². The molecule has 3 heterocycles. The number of aromatic nitrogens is 2. The first-order valence-electron chi connectivity index (χ1n) is 10.0. The van der Waals surface area contributed by atoms with E-state index < -0.39 is 5.76 Å². The Bertz CT molecular complexity index is 1200. The van der Waals surface area contributed by atoms with Gasteiger partial charge in [0.15, 0.2) is 5.58 Å². The van der Waals surface area contributed by atoms with Crippen LogP contribution in [0.3, 0.4) is 0 Å². The predicted octanol–water partition coefficient (Wildman–Crippen LogP) is 3.94. The number of aromatic amines is 1. The smallest absolute Gasteiger partial charge is 0.406 e. The van der Waals surface area contributed by atoms with Crippen LogP contribution in [0.15, 0.2) is 57.9 Å². The van der Waals surface area contributed by atoms with Crippen molar-refractivity contribution in [1.82, 2.24) is 14.5 Å². The first-order valence-corrected chi connectivity index (χ1v) is 10.4. The normalized spacial score (nSPS) is 15.6. The largest absolute Gasteiger partial charge is 0.417 e. The number of H-pyrrole nitrogens is 1. The fourth-order valence-corrected chi connectivity index (χ4v) is 4.40. The summed E-state index contributed by atoms with van der Waals surface area (Å²) in [6, 6.07) is 14.0. The zero-order valence-electron chi connectivity index (χ0n) is 16.1. The fraction of sp³-hybridized carbons (Fsp3) is 0.318. The standard InChI is InChI=1S/C22H23ClN4O2/c23-17-6-5-16-7-10-26(20(16)15-17)9-2-8-25-11-13-27(14-12-25)19-4-1-3-18-21(19)29-22(28)24-18/h1,3-7,10,15H,2,8-9,11-14H2,(H,24,28). The average molecular weight is 411 g/mol. The zero-order valence-corrected chi connectivity index (χ0v) is 16.9. The molecule has 0 saturated carbocycles. The number of hydrogen-bond acceptors (Lipinski definition) is 4. The van der Waals surface area contributed by atoms with Gasteiger partial charge in [0.1, 0.15) is 0 Å². The second-order valence-electron chi connectivity index (χ2n) is 7.56. The summed E-state index contributed by atoms with van der Waals surface area (Å²) in [4.78, 5) is 19.1. The molecule has 1 saturated heterocycles. The summed E-state index contributed by atoms with van der Waals surface area (Å²) in [5.74, 6) is -0.398. The number of benzene rings is 2. The molecule has 0 unspecified atom stereocenters. The van der Waals surface area contributed by atoms with E-state index in [2.05, 4.69) is 37.7 Å². The van der Waals surface area contributed by atoms with E-state index in [0.717, 1.165) is 61.9 Å². The summed E-state index contributed by atoms with van der Waals surface area (Å²) >= 11 is 6.15. The number of aryl methyl sites for hydroxylation is 1. The molecule has 1 aliphatic heterocycles. The molecule has 2 aromatic heterocycles. The maximum absolute atomic E-state index is 11.5. The molecule has 0 aliphatic carbocycles. The SMILES string of the molecule is O=c1[nH]c2cccc(N3CCN(CCCn4ccc5ccc(Cl)cc54)CC3)c2o1. The van der Waals surface area contributed by atoms with Gasteiger partial charge in [-0.2, -0.15) is 0 Å². The highest BCUT2D eigenvalue weighted by Crippen LogP contribution is 2.26.